The third-order valence-electron chi connectivity index (χ3n) is 1.71. The summed E-state index contributed by atoms with van der Waals surface area (Å²) < 4.78 is 0. The van der Waals surface area contributed by atoms with Crippen molar-refractivity contribution in [2.45, 2.75) is 13.8 Å². The van der Waals surface area contributed by atoms with E-state index in [0.717, 1.165) is 27.0 Å². The van der Waals surface area contributed by atoms with Gasteiger partial charge in [-0.3, -0.25) is 0 Å². The molecule has 4 nitrogen and oxygen atoms in total. The molecule has 0 amide bonds. The van der Waals surface area contributed by atoms with Crippen molar-refractivity contribution in [2.24, 2.45) is 0 Å². The molecule has 0 unspecified atom stereocenters. The third-order valence-corrected chi connectivity index (χ3v) is 2.58. The molecule has 0 bridgehead atoms. The molecule has 0 aliphatic heterocycles. The number of rotatable bonds is 1. The van der Waals surface area contributed by atoms with Crippen molar-refractivity contribution in [3.05, 3.63) is 10.8 Å². The van der Waals surface area contributed by atoms with Crippen LogP contribution < -0.4 is 5.32 Å². The Morgan fingerprint density at radius 1 is 1.15 bits per heavy atom. The molecule has 2 heterocycles. The molecule has 2 aromatic heterocycles. The van der Waals surface area contributed by atoms with Crippen molar-refractivity contribution in [2.75, 3.05) is 12.4 Å². The van der Waals surface area contributed by atoms with Gasteiger partial charge in [0.1, 0.15) is 16.2 Å². The maximum absolute atomic E-state index is 4.36. The number of aromatic nitrogens is 3. The van der Waals surface area contributed by atoms with Crippen molar-refractivity contribution in [3.8, 4) is 0 Å². The van der Waals surface area contributed by atoms with Gasteiger partial charge in [-0.1, -0.05) is 11.3 Å². The van der Waals surface area contributed by atoms with Crippen molar-refractivity contribution < 1.29 is 0 Å². The summed E-state index contributed by atoms with van der Waals surface area (Å²) in [6.45, 7) is 3.86. The first-order valence-corrected chi connectivity index (χ1v) is 4.82. The Morgan fingerprint density at radius 2 is 1.92 bits per heavy atom. The lowest BCUT2D eigenvalue weighted by atomic mass is 10.5. The molecule has 0 aliphatic rings. The number of aryl methyl sites for hydroxylation is 2. The number of nitrogens with zero attached hydrogens (tertiary/aromatic N) is 3. The van der Waals surface area contributed by atoms with Crippen LogP contribution in [0.25, 0.3) is 10.3 Å². The third kappa shape index (κ3) is 1.35. The van der Waals surface area contributed by atoms with E-state index in [4.69, 9.17) is 0 Å². The average Bonchev–Trinajstić information content (AvgIpc) is 2.43. The first kappa shape index (κ1) is 8.37. The van der Waals surface area contributed by atoms with Crippen LogP contribution in [0.1, 0.15) is 10.8 Å². The molecular formula is C8H10N4S. The van der Waals surface area contributed by atoms with E-state index >= 15 is 0 Å². The van der Waals surface area contributed by atoms with Crippen LogP contribution in [0.3, 0.4) is 0 Å². The van der Waals surface area contributed by atoms with Gasteiger partial charge < -0.3 is 5.32 Å². The predicted octanol–water partition coefficient (Wildman–Crippen LogP) is 1.74. The second-order valence-electron chi connectivity index (χ2n) is 2.76. The highest BCUT2D eigenvalue weighted by atomic mass is 32.1. The molecule has 0 radical (unpaired) electrons. The summed E-state index contributed by atoms with van der Waals surface area (Å²) in [7, 11) is 1.84. The number of hydrogen-bond acceptors (Lipinski definition) is 5. The number of hydrogen-bond donors (Lipinski definition) is 1. The zero-order valence-corrected chi connectivity index (χ0v) is 8.57. The summed E-state index contributed by atoms with van der Waals surface area (Å²) in [5, 5.41) is 4.04. The van der Waals surface area contributed by atoms with Crippen LogP contribution in [-0.4, -0.2) is 22.0 Å². The average molecular weight is 194 g/mol. The molecular weight excluding hydrogens is 184 g/mol. The van der Waals surface area contributed by atoms with Crippen molar-refractivity contribution in [1.82, 2.24) is 15.0 Å². The van der Waals surface area contributed by atoms with Crippen LogP contribution in [0.15, 0.2) is 0 Å². The molecule has 0 spiro atoms. The van der Waals surface area contributed by atoms with Gasteiger partial charge in [0.05, 0.1) is 5.01 Å². The topological polar surface area (TPSA) is 50.7 Å². The number of fused-ring (bicyclic) bond motifs is 1. The second kappa shape index (κ2) is 2.92. The van der Waals surface area contributed by atoms with E-state index in [0.29, 0.717) is 0 Å². The molecule has 0 saturated heterocycles. The largest absolute Gasteiger partial charge is 0.371 e. The fraction of sp³-hybridized carbons (Fsp3) is 0.375. The van der Waals surface area contributed by atoms with Gasteiger partial charge in [-0.05, 0) is 13.8 Å². The van der Waals surface area contributed by atoms with Crippen LogP contribution in [0, 0.1) is 13.8 Å². The summed E-state index contributed by atoms with van der Waals surface area (Å²) in [6, 6.07) is 0. The van der Waals surface area contributed by atoms with Gasteiger partial charge in [-0.2, -0.15) is 0 Å². The normalized spacial score (nSPS) is 10.7. The molecule has 0 atom stereocenters. The highest BCUT2D eigenvalue weighted by molar-refractivity contribution is 7.18. The first-order valence-electron chi connectivity index (χ1n) is 4.00. The molecule has 5 heteroatoms. The molecule has 68 valence electrons. The Bertz CT molecular complexity index is 449. The Kier molecular flexibility index (Phi) is 1.88. The number of nitrogens with one attached hydrogen (secondary N) is 1. The summed E-state index contributed by atoms with van der Waals surface area (Å²) in [4.78, 5) is 13.9. The summed E-state index contributed by atoms with van der Waals surface area (Å²) >= 11 is 1.59. The zero-order valence-electron chi connectivity index (χ0n) is 7.75. The van der Waals surface area contributed by atoms with Crippen molar-refractivity contribution in [1.29, 1.82) is 0 Å². The van der Waals surface area contributed by atoms with E-state index in [1.54, 1.807) is 11.3 Å². The Labute approximate surface area is 80.1 Å². The molecule has 13 heavy (non-hydrogen) atoms. The van der Waals surface area contributed by atoms with Gasteiger partial charge in [-0.15, -0.1) is 0 Å². The van der Waals surface area contributed by atoms with Crippen LogP contribution in [-0.2, 0) is 0 Å². The molecule has 0 aliphatic carbocycles. The SMILES string of the molecule is CNc1nc(C)nc2sc(C)nc12. The van der Waals surface area contributed by atoms with E-state index in [1.807, 2.05) is 20.9 Å². The lowest BCUT2D eigenvalue weighted by Gasteiger charge is -1.99. The molecule has 2 aromatic rings. The highest BCUT2D eigenvalue weighted by Crippen LogP contribution is 2.24. The van der Waals surface area contributed by atoms with Crippen LogP contribution >= 0.6 is 11.3 Å². The van der Waals surface area contributed by atoms with Gasteiger partial charge in [0.15, 0.2) is 5.82 Å². The summed E-state index contributed by atoms with van der Waals surface area (Å²) in [6.07, 6.45) is 0. The van der Waals surface area contributed by atoms with E-state index < -0.39 is 0 Å². The Balaban J connectivity index is 2.80. The van der Waals surface area contributed by atoms with Gasteiger partial charge in [0.25, 0.3) is 0 Å². The maximum Gasteiger partial charge on any atom is 0.157 e. The van der Waals surface area contributed by atoms with E-state index in [9.17, 15) is 0 Å². The number of thiazole rings is 1. The molecule has 2 rings (SSSR count). The second-order valence-corrected chi connectivity index (χ2v) is 3.94. The molecule has 0 fully saturated rings. The number of anilines is 1. The van der Waals surface area contributed by atoms with Crippen molar-refractivity contribution in [3.63, 3.8) is 0 Å². The molecule has 0 aromatic carbocycles. The van der Waals surface area contributed by atoms with E-state index in [2.05, 4.69) is 20.3 Å². The van der Waals surface area contributed by atoms with E-state index in [-0.39, 0.29) is 0 Å². The Hall–Kier alpha value is -1.23. The fourth-order valence-electron chi connectivity index (χ4n) is 1.21. The monoisotopic (exact) mass is 194 g/mol. The highest BCUT2D eigenvalue weighted by Gasteiger charge is 2.08. The maximum atomic E-state index is 4.36. The van der Waals surface area contributed by atoms with E-state index in [1.165, 1.54) is 0 Å². The molecule has 0 saturated carbocycles. The summed E-state index contributed by atoms with van der Waals surface area (Å²) in [5.74, 6) is 1.59. The zero-order chi connectivity index (χ0) is 9.42. The van der Waals surface area contributed by atoms with Gasteiger partial charge in [-0.25, -0.2) is 15.0 Å². The van der Waals surface area contributed by atoms with Gasteiger partial charge in [0.2, 0.25) is 0 Å². The summed E-state index contributed by atoms with van der Waals surface area (Å²) in [5.41, 5.74) is 0.871. The Morgan fingerprint density at radius 3 is 2.62 bits per heavy atom. The quantitative estimate of drug-likeness (QED) is 0.751. The minimum absolute atomic E-state index is 0.778. The lowest BCUT2D eigenvalue weighted by molar-refractivity contribution is 1.09. The fourth-order valence-corrected chi connectivity index (χ4v) is 2.04. The van der Waals surface area contributed by atoms with Crippen LogP contribution in [0.4, 0.5) is 5.82 Å². The smallest absolute Gasteiger partial charge is 0.157 e. The van der Waals surface area contributed by atoms with Crippen molar-refractivity contribution >= 4 is 27.5 Å². The molecule has 1 N–H and O–H groups in total. The minimum atomic E-state index is 0.778. The lowest BCUT2D eigenvalue weighted by Crippen LogP contribution is -1.97. The predicted molar refractivity (Wildman–Crippen MR) is 54.2 cm³/mol. The van der Waals surface area contributed by atoms with Gasteiger partial charge >= 0.3 is 0 Å². The van der Waals surface area contributed by atoms with Crippen LogP contribution in [0.5, 0.6) is 0 Å². The standard InChI is InChI=1S/C8H10N4S/c1-4-10-7(9-3)6-8(11-4)13-5(2)12-6/h1-3H3,(H,9,10,11). The minimum Gasteiger partial charge on any atom is -0.371 e. The van der Waals surface area contributed by atoms with Gasteiger partial charge in [0, 0.05) is 7.05 Å². The van der Waals surface area contributed by atoms with Crippen LogP contribution in [0.2, 0.25) is 0 Å². The first-order chi connectivity index (χ1) is 6.20.